The Kier molecular flexibility index (Phi) is 5.61. The van der Waals surface area contributed by atoms with Crippen LogP contribution in [0.3, 0.4) is 0 Å². The number of carbonyl (C=O) groups is 1. The molecule has 0 aliphatic rings. The highest BCUT2D eigenvalue weighted by molar-refractivity contribution is 6.30. The van der Waals surface area contributed by atoms with E-state index in [2.05, 4.69) is 24.1 Å². The summed E-state index contributed by atoms with van der Waals surface area (Å²) < 4.78 is 0. The molecule has 0 spiro atoms. The highest BCUT2D eigenvalue weighted by Crippen LogP contribution is 2.24. The van der Waals surface area contributed by atoms with Crippen molar-refractivity contribution in [3.05, 3.63) is 52.2 Å². The number of aryl methyl sites for hydroxylation is 2. The number of nitrogens with zero attached hydrogens (tertiary/aromatic N) is 2. The number of para-hydroxylation sites is 1. The van der Waals surface area contributed by atoms with Gasteiger partial charge in [-0.2, -0.15) is 0 Å². The fourth-order valence-corrected chi connectivity index (χ4v) is 2.64. The largest absolute Gasteiger partial charge is 0.363 e. The van der Waals surface area contributed by atoms with Crippen LogP contribution in [0.15, 0.2) is 30.3 Å². The van der Waals surface area contributed by atoms with Crippen LogP contribution in [0.2, 0.25) is 5.15 Å². The maximum atomic E-state index is 12.7. The number of hydrogen-bond acceptors (Lipinski definition) is 3. The maximum Gasteiger partial charge on any atom is 0.255 e. The van der Waals surface area contributed by atoms with Gasteiger partial charge in [0, 0.05) is 25.3 Å². The van der Waals surface area contributed by atoms with Crippen molar-refractivity contribution in [3.63, 3.8) is 0 Å². The van der Waals surface area contributed by atoms with Gasteiger partial charge in [0.15, 0.2) is 0 Å². The van der Waals surface area contributed by atoms with Gasteiger partial charge in [-0.25, -0.2) is 4.98 Å². The van der Waals surface area contributed by atoms with Crippen LogP contribution in [0, 0.1) is 0 Å². The summed E-state index contributed by atoms with van der Waals surface area (Å²) in [5.41, 5.74) is 3.67. The number of pyridine rings is 1. The SMILES string of the molecule is CCc1cccc(CC)c1NC(=O)c1cc(Cl)nc(N(C)C)c1. The molecule has 0 aliphatic carbocycles. The van der Waals surface area contributed by atoms with E-state index in [1.54, 1.807) is 12.1 Å². The minimum atomic E-state index is -0.173. The third kappa shape index (κ3) is 4.02. The van der Waals surface area contributed by atoms with E-state index >= 15 is 0 Å². The van der Waals surface area contributed by atoms with Gasteiger partial charge < -0.3 is 10.2 Å². The smallest absolute Gasteiger partial charge is 0.255 e. The molecule has 0 bridgehead atoms. The number of aromatic nitrogens is 1. The molecule has 1 heterocycles. The lowest BCUT2D eigenvalue weighted by Crippen LogP contribution is -2.17. The second-order valence-corrected chi connectivity index (χ2v) is 5.93. The molecular formula is C18H22ClN3O. The van der Waals surface area contributed by atoms with E-state index in [0.717, 1.165) is 29.7 Å². The molecule has 0 unspecified atom stereocenters. The molecule has 1 aromatic carbocycles. The summed E-state index contributed by atoms with van der Waals surface area (Å²) in [5.74, 6) is 0.482. The van der Waals surface area contributed by atoms with Gasteiger partial charge in [-0.15, -0.1) is 0 Å². The topological polar surface area (TPSA) is 45.2 Å². The predicted molar refractivity (Wildman–Crippen MR) is 96.7 cm³/mol. The molecule has 23 heavy (non-hydrogen) atoms. The molecule has 4 nitrogen and oxygen atoms in total. The molecule has 5 heteroatoms. The van der Waals surface area contributed by atoms with Crippen molar-refractivity contribution >= 4 is 29.0 Å². The number of amides is 1. The van der Waals surface area contributed by atoms with Gasteiger partial charge in [-0.05, 0) is 36.1 Å². The summed E-state index contributed by atoms with van der Waals surface area (Å²) >= 11 is 6.04. The second kappa shape index (κ2) is 7.47. The zero-order valence-electron chi connectivity index (χ0n) is 14.0. The van der Waals surface area contributed by atoms with E-state index < -0.39 is 0 Å². The molecule has 1 N–H and O–H groups in total. The van der Waals surface area contributed by atoms with Gasteiger partial charge in [0.25, 0.3) is 5.91 Å². The predicted octanol–water partition coefficient (Wildman–Crippen LogP) is 4.18. The molecule has 122 valence electrons. The molecule has 2 rings (SSSR count). The fraction of sp³-hybridized carbons (Fsp3) is 0.333. The minimum absolute atomic E-state index is 0.173. The normalized spacial score (nSPS) is 10.5. The van der Waals surface area contributed by atoms with Gasteiger partial charge in [-0.1, -0.05) is 43.6 Å². The molecule has 1 amide bonds. The number of nitrogens with one attached hydrogen (secondary N) is 1. The summed E-state index contributed by atoms with van der Waals surface area (Å²) in [6.07, 6.45) is 1.73. The van der Waals surface area contributed by atoms with E-state index in [0.29, 0.717) is 16.5 Å². The minimum Gasteiger partial charge on any atom is -0.363 e. The maximum absolute atomic E-state index is 12.7. The Labute approximate surface area is 142 Å². The van der Waals surface area contributed by atoms with Crippen molar-refractivity contribution < 1.29 is 4.79 Å². The Morgan fingerprint density at radius 2 is 1.78 bits per heavy atom. The van der Waals surface area contributed by atoms with Crippen LogP contribution >= 0.6 is 11.6 Å². The molecule has 0 saturated carbocycles. The van der Waals surface area contributed by atoms with Crippen molar-refractivity contribution in [1.29, 1.82) is 0 Å². The number of rotatable bonds is 5. The van der Waals surface area contributed by atoms with Crippen molar-refractivity contribution in [2.75, 3.05) is 24.3 Å². The van der Waals surface area contributed by atoms with Crippen LogP contribution in [-0.2, 0) is 12.8 Å². The average Bonchev–Trinajstić information content (AvgIpc) is 2.54. The van der Waals surface area contributed by atoms with Gasteiger partial charge in [0.2, 0.25) is 0 Å². The summed E-state index contributed by atoms with van der Waals surface area (Å²) in [7, 11) is 3.73. The van der Waals surface area contributed by atoms with Crippen molar-refractivity contribution in [1.82, 2.24) is 4.98 Å². The van der Waals surface area contributed by atoms with E-state index in [1.165, 1.54) is 0 Å². The Morgan fingerprint density at radius 1 is 1.17 bits per heavy atom. The third-order valence-electron chi connectivity index (χ3n) is 3.74. The van der Waals surface area contributed by atoms with E-state index in [4.69, 9.17) is 11.6 Å². The molecule has 0 fully saturated rings. The second-order valence-electron chi connectivity index (χ2n) is 5.54. The van der Waals surface area contributed by atoms with Crippen LogP contribution < -0.4 is 10.2 Å². The highest BCUT2D eigenvalue weighted by Gasteiger charge is 2.14. The Bertz CT molecular complexity index is 691. The van der Waals surface area contributed by atoms with Gasteiger partial charge in [0.05, 0.1) is 0 Å². The molecule has 1 aromatic heterocycles. The first-order valence-corrected chi connectivity index (χ1v) is 8.11. The van der Waals surface area contributed by atoms with Crippen LogP contribution in [0.4, 0.5) is 11.5 Å². The molecule has 0 aliphatic heterocycles. The molecule has 0 saturated heterocycles. The van der Waals surface area contributed by atoms with E-state index in [9.17, 15) is 4.79 Å². The Balaban J connectivity index is 2.37. The molecule has 2 aromatic rings. The third-order valence-corrected chi connectivity index (χ3v) is 3.93. The zero-order valence-corrected chi connectivity index (χ0v) is 14.7. The standard InChI is InChI=1S/C18H22ClN3O/c1-5-12-8-7-9-13(6-2)17(12)21-18(23)14-10-15(19)20-16(11-14)22(3)4/h7-11H,5-6H2,1-4H3,(H,21,23). The quantitative estimate of drug-likeness (QED) is 0.836. The van der Waals surface area contributed by atoms with Crippen LogP contribution in [0.1, 0.15) is 35.3 Å². The van der Waals surface area contributed by atoms with Crippen LogP contribution in [-0.4, -0.2) is 25.0 Å². The van der Waals surface area contributed by atoms with Crippen molar-refractivity contribution in [3.8, 4) is 0 Å². The Hall–Kier alpha value is -2.07. The lowest BCUT2D eigenvalue weighted by atomic mass is 10.0. The number of hydrogen-bond donors (Lipinski definition) is 1. The first kappa shape index (κ1) is 17.3. The van der Waals surface area contributed by atoms with Crippen LogP contribution in [0.5, 0.6) is 0 Å². The lowest BCUT2D eigenvalue weighted by molar-refractivity contribution is 0.102. The van der Waals surface area contributed by atoms with Crippen LogP contribution in [0.25, 0.3) is 0 Å². The summed E-state index contributed by atoms with van der Waals surface area (Å²) in [5, 5.41) is 3.35. The summed E-state index contributed by atoms with van der Waals surface area (Å²) in [4.78, 5) is 18.7. The molecule has 0 atom stereocenters. The van der Waals surface area contributed by atoms with E-state index in [1.807, 2.05) is 37.2 Å². The summed E-state index contributed by atoms with van der Waals surface area (Å²) in [6, 6.07) is 9.44. The number of carbonyl (C=O) groups excluding carboxylic acids is 1. The highest BCUT2D eigenvalue weighted by atomic mass is 35.5. The lowest BCUT2D eigenvalue weighted by Gasteiger charge is -2.16. The van der Waals surface area contributed by atoms with E-state index in [-0.39, 0.29) is 5.91 Å². The zero-order chi connectivity index (χ0) is 17.0. The average molecular weight is 332 g/mol. The molecular weight excluding hydrogens is 310 g/mol. The van der Waals surface area contributed by atoms with Gasteiger partial charge in [0.1, 0.15) is 11.0 Å². The van der Waals surface area contributed by atoms with Gasteiger partial charge in [-0.3, -0.25) is 4.79 Å². The van der Waals surface area contributed by atoms with Crippen molar-refractivity contribution in [2.24, 2.45) is 0 Å². The first-order chi connectivity index (χ1) is 11.0. The fourth-order valence-electron chi connectivity index (χ4n) is 2.43. The first-order valence-electron chi connectivity index (χ1n) is 7.73. The molecule has 0 radical (unpaired) electrons. The number of halogens is 1. The monoisotopic (exact) mass is 331 g/mol. The number of benzene rings is 1. The summed E-state index contributed by atoms with van der Waals surface area (Å²) in [6.45, 7) is 4.16. The Morgan fingerprint density at radius 3 is 2.30 bits per heavy atom. The van der Waals surface area contributed by atoms with Gasteiger partial charge >= 0.3 is 0 Å². The van der Waals surface area contributed by atoms with Crippen molar-refractivity contribution in [2.45, 2.75) is 26.7 Å². The number of anilines is 2.